The highest BCUT2D eigenvalue weighted by Crippen LogP contribution is 2.72. The average molecular weight is 499 g/mol. The fraction of sp³-hybridized carbons (Fsp3) is 0.710. The summed E-state index contributed by atoms with van der Waals surface area (Å²) in [5.41, 5.74) is 3.12. The molecule has 0 spiro atoms. The van der Waals surface area contributed by atoms with E-state index in [1.165, 1.54) is 12.7 Å². The summed E-state index contributed by atoms with van der Waals surface area (Å²) in [6, 6.07) is 0. The van der Waals surface area contributed by atoms with E-state index in [1.54, 1.807) is 6.08 Å². The standard InChI is InChI=1S/C31H46O5/c1-19(2)17-21(32)18-22(28(35)36-8)24-11-15-31(7)26-10-9-23(20(3)4)29(5,14-13-27(33)34)25(26)12-16-30(24,31)6/h10,17,22-25H,3,9,11-16,18H2,1-2,4-8H3,(H,33,34)/t22-,23-,24-,25-,29-,30-,31+/m0/s1. The number of carbonyl (C=O) groups excluding carboxylic acids is 2. The molecule has 200 valence electrons. The van der Waals surface area contributed by atoms with Gasteiger partial charge in [-0.1, -0.05) is 50.1 Å². The van der Waals surface area contributed by atoms with Crippen molar-refractivity contribution in [2.75, 3.05) is 7.11 Å². The summed E-state index contributed by atoms with van der Waals surface area (Å²) in [5, 5.41) is 9.51. The Morgan fingerprint density at radius 1 is 1.17 bits per heavy atom. The lowest BCUT2D eigenvalue weighted by atomic mass is 9.44. The summed E-state index contributed by atoms with van der Waals surface area (Å²) in [5.74, 6) is -0.869. The normalized spacial score (nSPS) is 36.1. The van der Waals surface area contributed by atoms with Gasteiger partial charge in [0, 0.05) is 12.8 Å². The molecule has 0 aliphatic heterocycles. The number of esters is 1. The average Bonchev–Trinajstić information content (AvgIpc) is 3.06. The summed E-state index contributed by atoms with van der Waals surface area (Å²) in [6.07, 6.45) is 9.69. The van der Waals surface area contributed by atoms with E-state index in [4.69, 9.17) is 4.74 Å². The van der Waals surface area contributed by atoms with Crippen molar-refractivity contribution in [1.82, 2.24) is 0 Å². The Morgan fingerprint density at radius 3 is 2.39 bits per heavy atom. The van der Waals surface area contributed by atoms with Gasteiger partial charge in [-0.2, -0.15) is 0 Å². The SMILES string of the molecule is C=C(C)[C@@H]1CC=C2[C@H](CC[C@@]3(C)[C@H]([C@H](CC(=O)C=C(C)C)C(=O)OC)CC[C@]23C)[C@@]1(C)CCC(=O)O. The molecule has 0 amide bonds. The van der Waals surface area contributed by atoms with Crippen LogP contribution in [0.15, 0.2) is 35.5 Å². The predicted octanol–water partition coefficient (Wildman–Crippen LogP) is 6.93. The van der Waals surface area contributed by atoms with E-state index in [0.29, 0.717) is 12.3 Å². The molecular weight excluding hydrogens is 452 g/mol. The summed E-state index contributed by atoms with van der Waals surface area (Å²) >= 11 is 0. The van der Waals surface area contributed by atoms with Gasteiger partial charge in [0.05, 0.1) is 13.0 Å². The Kier molecular flexibility index (Phi) is 8.13. The lowest BCUT2D eigenvalue weighted by Crippen LogP contribution is -2.52. The smallest absolute Gasteiger partial charge is 0.309 e. The van der Waals surface area contributed by atoms with Crippen LogP contribution in [0.5, 0.6) is 0 Å². The molecule has 3 aliphatic carbocycles. The minimum absolute atomic E-state index is 0.0151. The van der Waals surface area contributed by atoms with Gasteiger partial charge in [0.25, 0.3) is 0 Å². The zero-order valence-corrected chi connectivity index (χ0v) is 23.4. The van der Waals surface area contributed by atoms with Crippen LogP contribution in [0.3, 0.4) is 0 Å². The first-order chi connectivity index (χ1) is 16.7. The molecule has 7 atom stereocenters. The van der Waals surface area contributed by atoms with Crippen molar-refractivity contribution in [3.8, 4) is 0 Å². The van der Waals surface area contributed by atoms with Crippen molar-refractivity contribution in [2.45, 2.75) is 92.9 Å². The molecule has 3 aliphatic rings. The molecule has 0 heterocycles. The van der Waals surface area contributed by atoms with E-state index in [1.807, 2.05) is 13.8 Å². The number of carboxylic acids is 1. The molecule has 0 aromatic heterocycles. The minimum Gasteiger partial charge on any atom is -0.481 e. The maximum Gasteiger partial charge on any atom is 0.309 e. The van der Waals surface area contributed by atoms with Crippen molar-refractivity contribution in [3.05, 3.63) is 35.5 Å². The molecule has 0 aromatic rings. The van der Waals surface area contributed by atoms with Crippen LogP contribution in [-0.2, 0) is 19.1 Å². The molecule has 0 saturated heterocycles. The zero-order valence-electron chi connectivity index (χ0n) is 23.4. The lowest BCUT2D eigenvalue weighted by Gasteiger charge is -2.60. The second-order valence-electron chi connectivity index (χ2n) is 12.7. The highest BCUT2D eigenvalue weighted by Gasteiger charge is 2.64. The van der Waals surface area contributed by atoms with E-state index in [2.05, 4.69) is 40.3 Å². The predicted molar refractivity (Wildman–Crippen MR) is 142 cm³/mol. The first-order valence-electron chi connectivity index (χ1n) is 13.5. The highest BCUT2D eigenvalue weighted by molar-refractivity contribution is 5.93. The maximum absolute atomic E-state index is 13.0. The Labute approximate surface area is 217 Å². The Morgan fingerprint density at radius 2 is 1.83 bits per heavy atom. The van der Waals surface area contributed by atoms with E-state index < -0.39 is 11.9 Å². The number of ketones is 1. The van der Waals surface area contributed by atoms with Gasteiger partial charge in [-0.15, -0.1) is 0 Å². The van der Waals surface area contributed by atoms with Crippen molar-refractivity contribution in [2.24, 2.45) is 39.9 Å². The number of carbonyl (C=O) groups is 3. The zero-order chi connectivity index (χ0) is 27.1. The number of fused-ring (bicyclic) bond motifs is 3. The number of methoxy groups -OCH3 is 1. The molecule has 3 rings (SSSR count). The number of carboxylic acid groups (broad SMARTS) is 1. The van der Waals surface area contributed by atoms with Gasteiger partial charge >= 0.3 is 11.9 Å². The molecule has 0 unspecified atom stereocenters. The summed E-state index contributed by atoms with van der Waals surface area (Å²) in [4.78, 5) is 37.4. The third-order valence-corrected chi connectivity index (χ3v) is 10.5. The van der Waals surface area contributed by atoms with Crippen LogP contribution in [0.25, 0.3) is 0 Å². The Hall–Kier alpha value is -2.17. The molecule has 2 fully saturated rings. The second kappa shape index (κ2) is 10.3. The molecule has 2 saturated carbocycles. The van der Waals surface area contributed by atoms with Gasteiger partial charge in [-0.05, 0) is 99.4 Å². The molecule has 0 aromatic carbocycles. The molecule has 5 heteroatoms. The van der Waals surface area contributed by atoms with Crippen LogP contribution in [0.1, 0.15) is 92.9 Å². The van der Waals surface area contributed by atoms with Gasteiger partial charge in [-0.3, -0.25) is 14.4 Å². The van der Waals surface area contributed by atoms with Crippen molar-refractivity contribution < 1.29 is 24.2 Å². The first-order valence-corrected chi connectivity index (χ1v) is 13.5. The summed E-state index contributed by atoms with van der Waals surface area (Å²) < 4.78 is 5.23. The molecule has 0 bridgehead atoms. The number of hydrogen-bond donors (Lipinski definition) is 1. The van der Waals surface area contributed by atoms with Crippen molar-refractivity contribution in [1.29, 1.82) is 0 Å². The fourth-order valence-electron chi connectivity index (χ4n) is 8.46. The first kappa shape index (κ1) is 28.4. The van der Waals surface area contributed by atoms with E-state index in [-0.39, 0.29) is 52.7 Å². The molecular formula is C31H46O5. The molecule has 5 nitrogen and oxygen atoms in total. The van der Waals surface area contributed by atoms with Crippen molar-refractivity contribution in [3.63, 3.8) is 0 Å². The van der Waals surface area contributed by atoms with E-state index in [9.17, 15) is 19.5 Å². The topological polar surface area (TPSA) is 80.7 Å². The summed E-state index contributed by atoms with van der Waals surface area (Å²) in [7, 11) is 1.42. The maximum atomic E-state index is 13.0. The van der Waals surface area contributed by atoms with Crippen LogP contribution in [0, 0.1) is 39.9 Å². The molecule has 0 radical (unpaired) electrons. The van der Waals surface area contributed by atoms with Gasteiger partial charge < -0.3 is 9.84 Å². The van der Waals surface area contributed by atoms with Gasteiger partial charge in [0.15, 0.2) is 5.78 Å². The van der Waals surface area contributed by atoms with Crippen LogP contribution in [0.2, 0.25) is 0 Å². The van der Waals surface area contributed by atoms with E-state index >= 15 is 0 Å². The monoisotopic (exact) mass is 498 g/mol. The largest absolute Gasteiger partial charge is 0.481 e. The molecule has 36 heavy (non-hydrogen) atoms. The number of aliphatic carboxylic acids is 1. The van der Waals surface area contributed by atoms with Crippen LogP contribution >= 0.6 is 0 Å². The molecule has 1 N–H and O–H groups in total. The Bertz CT molecular complexity index is 985. The van der Waals surface area contributed by atoms with Crippen LogP contribution in [0.4, 0.5) is 0 Å². The number of rotatable bonds is 9. The van der Waals surface area contributed by atoms with Crippen LogP contribution in [-0.4, -0.2) is 29.9 Å². The third-order valence-electron chi connectivity index (χ3n) is 10.5. The van der Waals surface area contributed by atoms with Gasteiger partial charge in [0.1, 0.15) is 0 Å². The fourth-order valence-corrected chi connectivity index (χ4v) is 8.46. The Balaban J connectivity index is 2.01. The highest BCUT2D eigenvalue weighted by atomic mass is 16.5. The number of ether oxygens (including phenoxy) is 1. The van der Waals surface area contributed by atoms with Gasteiger partial charge in [-0.25, -0.2) is 0 Å². The number of hydrogen-bond acceptors (Lipinski definition) is 4. The van der Waals surface area contributed by atoms with Gasteiger partial charge in [0.2, 0.25) is 0 Å². The lowest BCUT2D eigenvalue weighted by molar-refractivity contribution is -0.152. The second-order valence-corrected chi connectivity index (χ2v) is 12.7. The van der Waals surface area contributed by atoms with Crippen LogP contribution < -0.4 is 0 Å². The minimum atomic E-state index is -0.748. The van der Waals surface area contributed by atoms with E-state index in [0.717, 1.165) is 43.3 Å². The summed E-state index contributed by atoms with van der Waals surface area (Å²) in [6.45, 7) is 17.1. The number of allylic oxidation sites excluding steroid dienone is 5. The third kappa shape index (κ3) is 4.75. The van der Waals surface area contributed by atoms with Crippen molar-refractivity contribution >= 4 is 17.7 Å². The quantitative estimate of drug-likeness (QED) is 0.212.